The van der Waals surface area contributed by atoms with E-state index in [-0.39, 0.29) is 11.8 Å². The molecule has 1 aliphatic rings. The van der Waals surface area contributed by atoms with Gasteiger partial charge in [-0.3, -0.25) is 4.79 Å². The average molecular weight is 345 g/mol. The van der Waals surface area contributed by atoms with Crippen LogP contribution in [0.3, 0.4) is 0 Å². The summed E-state index contributed by atoms with van der Waals surface area (Å²) in [7, 11) is 0. The number of nitrogens with zero attached hydrogens (tertiary/aromatic N) is 3. The van der Waals surface area contributed by atoms with Gasteiger partial charge in [-0.1, -0.05) is 17.7 Å². The molecule has 1 unspecified atom stereocenters. The first-order chi connectivity index (χ1) is 11.5. The van der Waals surface area contributed by atoms with Gasteiger partial charge in [0.2, 0.25) is 5.91 Å². The van der Waals surface area contributed by atoms with Crippen LogP contribution in [0.15, 0.2) is 30.3 Å². The molecule has 2 aromatic rings. The summed E-state index contributed by atoms with van der Waals surface area (Å²) in [6.07, 6.45) is 1.84. The van der Waals surface area contributed by atoms with Crippen LogP contribution in [0.2, 0.25) is 5.02 Å². The highest BCUT2D eigenvalue weighted by Crippen LogP contribution is 2.25. The standard InChI is InChI=1S/C18H21ClN4O/c1-12-5-7-15(19)10-16(12)20-18(24)14-4-3-9-23(11-14)17-8-6-13(2)21-22-17/h5-8,10,14H,3-4,9,11H2,1-2H3,(H,20,24). The summed E-state index contributed by atoms with van der Waals surface area (Å²) >= 11 is 6.03. The average Bonchev–Trinajstić information content (AvgIpc) is 2.59. The highest BCUT2D eigenvalue weighted by Gasteiger charge is 2.27. The lowest BCUT2D eigenvalue weighted by Crippen LogP contribution is -2.41. The van der Waals surface area contributed by atoms with E-state index in [1.807, 2.05) is 38.1 Å². The summed E-state index contributed by atoms with van der Waals surface area (Å²) in [6.45, 7) is 5.43. The number of anilines is 2. The third kappa shape index (κ3) is 3.85. The normalized spacial score (nSPS) is 17.6. The summed E-state index contributed by atoms with van der Waals surface area (Å²) in [5.41, 5.74) is 2.67. The summed E-state index contributed by atoms with van der Waals surface area (Å²) in [4.78, 5) is 14.8. The Labute approximate surface area is 147 Å². The Morgan fingerprint density at radius 1 is 1.25 bits per heavy atom. The van der Waals surface area contributed by atoms with Gasteiger partial charge in [-0.25, -0.2) is 0 Å². The van der Waals surface area contributed by atoms with Crippen LogP contribution >= 0.6 is 11.6 Å². The number of hydrogen-bond donors (Lipinski definition) is 1. The van der Waals surface area contributed by atoms with E-state index in [0.717, 1.165) is 42.1 Å². The van der Waals surface area contributed by atoms with E-state index in [1.54, 1.807) is 6.07 Å². The first-order valence-corrected chi connectivity index (χ1v) is 8.53. The highest BCUT2D eigenvalue weighted by molar-refractivity contribution is 6.31. The Hall–Kier alpha value is -2.14. The van der Waals surface area contributed by atoms with Gasteiger partial charge in [0.15, 0.2) is 5.82 Å². The van der Waals surface area contributed by atoms with Crippen molar-refractivity contribution in [3.05, 3.63) is 46.6 Å². The van der Waals surface area contributed by atoms with Crippen molar-refractivity contribution in [1.82, 2.24) is 10.2 Å². The van der Waals surface area contributed by atoms with E-state index >= 15 is 0 Å². The Balaban J connectivity index is 1.68. The molecule has 0 bridgehead atoms. The number of rotatable bonds is 3. The Kier molecular flexibility index (Phi) is 5.00. The second kappa shape index (κ2) is 7.18. The molecule has 1 aliphatic heterocycles. The predicted molar refractivity (Wildman–Crippen MR) is 96.5 cm³/mol. The molecule has 1 atom stereocenters. The number of benzene rings is 1. The quantitative estimate of drug-likeness (QED) is 0.924. The molecule has 1 N–H and O–H groups in total. The third-order valence-corrected chi connectivity index (χ3v) is 4.59. The molecule has 1 aromatic carbocycles. The second-order valence-electron chi connectivity index (χ2n) is 6.27. The predicted octanol–water partition coefficient (Wildman–Crippen LogP) is 3.60. The van der Waals surface area contributed by atoms with Crippen LogP contribution in [-0.4, -0.2) is 29.2 Å². The van der Waals surface area contributed by atoms with Crippen molar-refractivity contribution in [1.29, 1.82) is 0 Å². The molecule has 0 saturated carbocycles. The summed E-state index contributed by atoms with van der Waals surface area (Å²) < 4.78 is 0. The molecule has 6 heteroatoms. The molecular formula is C18H21ClN4O. The fourth-order valence-corrected chi connectivity index (χ4v) is 3.10. The Bertz CT molecular complexity index is 732. The van der Waals surface area contributed by atoms with Crippen molar-refractivity contribution in [2.75, 3.05) is 23.3 Å². The third-order valence-electron chi connectivity index (χ3n) is 4.36. The van der Waals surface area contributed by atoms with Crippen molar-refractivity contribution in [3.8, 4) is 0 Å². The van der Waals surface area contributed by atoms with Crippen LogP contribution in [0.1, 0.15) is 24.1 Å². The SMILES string of the molecule is Cc1ccc(N2CCCC(C(=O)Nc3cc(Cl)ccc3C)C2)nn1. The van der Waals surface area contributed by atoms with Gasteiger partial charge in [0.25, 0.3) is 0 Å². The number of aryl methyl sites for hydroxylation is 2. The first-order valence-electron chi connectivity index (χ1n) is 8.15. The minimum Gasteiger partial charge on any atom is -0.354 e. The van der Waals surface area contributed by atoms with Crippen LogP contribution in [0.4, 0.5) is 11.5 Å². The summed E-state index contributed by atoms with van der Waals surface area (Å²) in [5, 5.41) is 12.0. The number of halogens is 1. The largest absolute Gasteiger partial charge is 0.354 e. The van der Waals surface area contributed by atoms with E-state index < -0.39 is 0 Å². The zero-order valence-electron chi connectivity index (χ0n) is 13.9. The van der Waals surface area contributed by atoms with Crippen LogP contribution in [-0.2, 0) is 4.79 Å². The first kappa shape index (κ1) is 16.7. The van der Waals surface area contributed by atoms with Gasteiger partial charge >= 0.3 is 0 Å². The maximum Gasteiger partial charge on any atom is 0.229 e. The summed E-state index contributed by atoms with van der Waals surface area (Å²) in [5.74, 6) is 0.794. The van der Waals surface area contributed by atoms with Gasteiger partial charge in [0.05, 0.1) is 11.6 Å². The molecule has 2 heterocycles. The maximum absolute atomic E-state index is 12.6. The molecule has 126 valence electrons. The fourth-order valence-electron chi connectivity index (χ4n) is 2.92. The van der Waals surface area contributed by atoms with Gasteiger partial charge in [-0.05, 0) is 56.5 Å². The zero-order chi connectivity index (χ0) is 17.1. The number of amides is 1. The number of carbonyl (C=O) groups excluding carboxylic acids is 1. The number of carbonyl (C=O) groups is 1. The second-order valence-corrected chi connectivity index (χ2v) is 6.70. The number of piperidine rings is 1. The highest BCUT2D eigenvalue weighted by atomic mass is 35.5. The Morgan fingerprint density at radius 2 is 2.08 bits per heavy atom. The smallest absolute Gasteiger partial charge is 0.229 e. The van der Waals surface area contributed by atoms with Crippen LogP contribution in [0.5, 0.6) is 0 Å². The van der Waals surface area contributed by atoms with Crippen molar-refractivity contribution in [2.45, 2.75) is 26.7 Å². The van der Waals surface area contributed by atoms with Gasteiger partial charge in [0.1, 0.15) is 0 Å². The van der Waals surface area contributed by atoms with Crippen LogP contribution < -0.4 is 10.2 Å². The molecule has 1 saturated heterocycles. The molecule has 1 fully saturated rings. The molecular weight excluding hydrogens is 324 g/mol. The van der Waals surface area contributed by atoms with Gasteiger partial charge in [-0.2, -0.15) is 5.10 Å². The molecule has 5 nitrogen and oxygen atoms in total. The van der Waals surface area contributed by atoms with E-state index in [1.165, 1.54) is 0 Å². The summed E-state index contributed by atoms with van der Waals surface area (Å²) in [6, 6.07) is 9.43. The number of hydrogen-bond acceptors (Lipinski definition) is 4. The molecule has 0 aliphatic carbocycles. The molecule has 24 heavy (non-hydrogen) atoms. The monoisotopic (exact) mass is 344 g/mol. The molecule has 1 aromatic heterocycles. The van der Waals surface area contributed by atoms with Crippen LogP contribution in [0, 0.1) is 19.8 Å². The topological polar surface area (TPSA) is 58.1 Å². The van der Waals surface area contributed by atoms with Gasteiger partial charge < -0.3 is 10.2 Å². The lowest BCUT2D eigenvalue weighted by molar-refractivity contribution is -0.120. The Morgan fingerprint density at radius 3 is 2.83 bits per heavy atom. The van der Waals surface area contributed by atoms with Gasteiger partial charge in [0, 0.05) is 23.8 Å². The van der Waals surface area contributed by atoms with Crippen molar-refractivity contribution in [3.63, 3.8) is 0 Å². The van der Waals surface area contributed by atoms with E-state index in [9.17, 15) is 4.79 Å². The van der Waals surface area contributed by atoms with E-state index in [0.29, 0.717) is 11.6 Å². The lowest BCUT2D eigenvalue weighted by Gasteiger charge is -2.32. The van der Waals surface area contributed by atoms with Crippen LogP contribution in [0.25, 0.3) is 0 Å². The lowest BCUT2D eigenvalue weighted by atomic mass is 9.97. The van der Waals surface area contributed by atoms with Crippen molar-refractivity contribution >= 4 is 29.0 Å². The minimum absolute atomic E-state index is 0.0325. The maximum atomic E-state index is 12.6. The minimum atomic E-state index is -0.0692. The van der Waals surface area contributed by atoms with Crippen molar-refractivity contribution < 1.29 is 4.79 Å². The molecule has 1 amide bonds. The molecule has 0 spiro atoms. The van der Waals surface area contributed by atoms with E-state index in [2.05, 4.69) is 20.4 Å². The van der Waals surface area contributed by atoms with Crippen molar-refractivity contribution in [2.24, 2.45) is 5.92 Å². The van der Waals surface area contributed by atoms with E-state index in [4.69, 9.17) is 11.6 Å². The fraction of sp³-hybridized carbons (Fsp3) is 0.389. The number of nitrogens with one attached hydrogen (secondary N) is 1. The zero-order valence-corrected chi connectivity index (χ0v) is 14.7. The van der Waals surface area contributed by atoms with Gasteiger partial charge in [-0.15, -0.1) is 5.10 Å². The number of aromatic nitrogens is 2. The molecule has 0 radical (unpaired) electrons. The molecule has 3 rings (SSSR count).